The highest BCUT2D eigenvalue weighted by atomic mass is 35.5. The zero-order valence-electron chi connectivity index (χ0n) is 16.5. The smallest absolute Gasteiger partial charge is 0.322 e. The van der Waals surface area contributed by atoms with Gasteiger partial charge in [0.2, 0.25) is 0 Å². The molecule has 0 radical (unpaired) electrons. The second kappa shape index (κ2) is 11.4. The summed E-state index contributed by atoms with van der Waals surface area (Å²) in [5.41, 5.74) is 1.55. The van der Waals surface area contributed by atoms with E-state index < -0.39 is 0 Å². The van der Waals surface area contributed by atoms with Crippen molar-refractivity contribution in [3.05, 3.63) is 53.1 Å². The Balaban J connectivity index is 2.15. The van der Waals surface area contributed by atoms with Crippen LogP contribution < -0.4 is 14.8 Å². The number of nitrogens with one attached hydrogen (secondary N) is 1. The van der Waals surface area contributed by atoms with Gasteiger partial charge in [-0.3, -0.25) is 0 Å². The predicted molar refractivity (Wildman–Crippen MR) is 112 cm³/mol. The van der Waals surface area contributed by atoms with Crippen molar-refractivity contribution in [3.63, 3.8) is 0 Å². The number of methoxy groups -OCH3 is 3. The Morgan fingerprint density at radius 3 is 2.39 bits per heavy atom. The zero-order valence-corrected chi connectivity index (χ0v) is 17.3. The third-order valence-corrected chi connectivity index (χ3v) is 4.54. The van der Waals surface area contributed by atoms with E-state index in [4.69, 9.17) is 25.8 Å². The molecule has 0 heterocycles. The van der Waals surface area contributed by atoms with Gasteiger partial charge < -0.3 is 24.4 Å². The van der Waals surface area contributed by atoms with Gasteiger partial charge in [0, 0.05) is 32.9 Å². The third kappa shape index (κ3) is 6.32. The van der Waals surface area contributed by atoms with Gasteiger partial charge in [-0.05, 0) is 24.5 Å². The number of nitrogens with zero attached hydrogens (tertiary/aromatic N) is 1. The number of unbranched alkanes of at least 4 members (excludes halogenated alkanes) is 1. The fraction of sp³-hybridized carbons (Fsp3) is 0.381. The van der Waals surface area contributed by atoms with E-state index in [1.807, 2.05) is 30.3 Å². The van der Waals surface area contributed by atoms with Gasteiger partial charge in [0.25, 0.3) is 0 Å². The molecule has 1 N–H and O–H groups in total. The number of urea groups is 1. The van der Waals surface area contributed by atoms with Crippen LogP contribution >= 0.6 is 11.6 Å². The molecule has 0 saturated heterocycles. The van der Waals surface area contributed by atoms with Crippen molar-refractivity contribution in [3.8, 4) is 11.5 Å². The molecule has 2 aromatic carbocycles. The number of carbonyl (C=O) groups is 1. The Bertz CT molecular complexity index is 756. The van der Waals surface area contributed by atoms with Crippen LogP contribution in [0.25, 0.3) is 0 Å². The van der Waals surface area contributed by atoms with Gasteiger partial charge in [-0.25, -0.2) is 4.79 Å². The summed E-state index contributed by atoms with van der Waals surface area (Å²) in [5, 5.41) is 3.30. The van der Waals surface area contributed by atoms with Crippen LogP contribution in [0.4, 0.5) is 10.5 Å². The molecule has 2 rings (SSSR count). The van der Waals surface area contributed by atoms with Crippen molar-refractivity contribution in [1.82, 2.24) is 4.90 Å². The molecule has 0 fully saturated rings. The predicted octanol–water partition coefficient (Wildman–Crippen LogP) is 4.82. The van der Waals surface area contributed by atoms with Gasteiger partial charge in [0.05, 0.1) is 24.9 Å². The Kier molecular flexibility index (Phi) is 8.91. The lowest BCUT2D eigenvalue weighted by molar-refractivity contribution is 0.182. The molecule has 6 nitrogen and oxygen atoms in total. The summed E-state index contributed by atoms with van der Waals surface area (Å²) in [5.74, 6) is 0.964. The number of carbonyl (C=O) groups excluding carboxylic acids is 1. The average Bonchev–Trinajstić information content (AvgIpc) is 2.71. The van der Waals surface area contributed by atoms with E-state index in [2.05, 4.69) is 5.32 Å². The molecule has 0 aliphatic carbocycles. The fourth-order valence-corrected chi connectivity index (χ4v) is 3.00. The number of hydrogen-bond donors (Lipinski definition) is 1. The first-order valence-electron chi connectivity index (χ1n) is 9.09. The van der Waals surface area contributed by atoms with Gasteiger partial charge in [-0.1, -0.05) is 41.9 Å². The summed E-state index contributed by atoms with van der Waals surface area (Å²) in [4.78, 5) is 14.7. The lowest BCUT2D eigenvalue weighted by Gasteiger charge is -2.24. The van der Waals surface area contributed by atoms with E-state index in [0.29, 0.717) is 41.9 Å². The number of anilines is 1. The maximum atomic E-state index is 13.0. The Hall–Kier alpha value is -2.44. The molecular weight excluding hydrogens is 380 g/mol. The first-order valence-corrected chi connectivity index (χ1v) is 9.47. The fourth-order valence-electron chi connectivity index (χ4n) is 2.76. The molecule has 2 aromatic rings. The van der Waals surface area contributed by atoms with E-state index in [1.54, 1.807) is 24.1 Å². The number of benzene rings is 2. The van der Waals surface area contributed by atoms with E-state index in [0.717, 1.165) is 18.4 Å². The van der Waals surface area contributed by atoms with Gasteiger partial charge in [0.1, 0.15) is 11.5 Å². The number of ether oxygens (including phenoxy) is 3. The minimum Gasteiger partial charge on any atom is -0.495 e. The van der Waals surface area contributed by atoms with Crippen LogP contribution in [0.1, 0.15) is 18.4 Å². The summed E-state index contributed by atoms with van der Waals surface area (Å²) >= 11 is 6.21. The van der Waals surface area contributed by atoms with E-state index >= 15 is 0 Å². The van der Waals surface area contributed by atoms with Crippen molar-refractivity contribution in [2.75, 3.05) is 39.8 Å². The molecule has 152 valence electrons. The molecule has 0 aliphatic heterocycles. The monoisotopic (exact) mass is 406 g/mol. The highest BCUT2D eigenvalue weighted by Crippen LogP contribution is 2.36. The van der Waals surface area contributed by atoms with Crippen LogP contribution in [0.3, 0.4) is 0 Å². The number of rotatable bonds is 10. The van der Waals surface area contributed by atoms with Crippen LogP contribution in [-0.4, -0.2) is 45.4 Å². The molecule has 0 aliphatic rings. The summed E-state index contributed by atoms with van der Waals surface area (Å²) in [6.07, 6.45) is 1.72. The molecule has 0 saturated carbocycles. The number of halogens is 1. The SMILES string of the molecule is COCCCCN(Cc1ccccc1)C(=O)Nc1cc(Cl)c(OC)cc1OC. The van der Waals surface area contributed by atoms with Crippen LogP contribution in [-0.2, 0) is 11.3 Å². The normalized spacial score (nSPS) is 10.4. The summed E-state index contributed by atoms with van der Waals surface area (Å²) in [6, 6.07) is 12.9. The Morgan fingerprint density at radius 1 is 1.04 bits per heavy atom. The average molecular weight is 407 g/mol. The molecule has 2 amide bonds. The summed E-state index contributed by atoms with van der Waals surface area (Å²) in [7, 11) is 4.74. The minimum atomic E-state index is -0.221. The second-order valence-electron chi connectivity index (χ2n) is 6.22. The molecule has 0 bridgehead atoms. The zero-order chi connectivity index (χ0) is 20.4. The summed E-state index contributed by atoms with van der Waals surface area (Å²) < 4.78 is 15.7. The molecule has 0 aromatic heterocycles. The van der Waals surface area contributed by atoms with Crippen LogP contribution in [0.15, 0.2) is 42.5 Å². The number of hydrogen-bond acceptors (Lipinski definition) is 4. The molecule has 28 heavy (non-hydrogen) atoms. The Morgan fingerprint density at radius 2 is 1.75 bits per heavy atom. The summed E-state index contributed by atoms with van der Waals surface area (Å²) in [6.45, 7) is 1.78. The van der Waals surface area contributed by atoms with E-state index in [9.17, 15) is 4.79 Å². The van der Waals surface area contributed by atoms with E-state index in [-0.39, 0.29) is 6.03 Å². The molecule has 0 spiro atoms. The molecule has 0 atom stereocenters. The molecule has 0 unspecified atom stereocenters. The molecule has 7 heteroatoms. The van der Waals surface area contributed by atoms with Crippen LogP contribution in [0.5, 0.6) is 11.5 Å². The highest BCUT2D eigenvalue weighted by Gasteiger charge is 2.17. The Labute approximate surface area is 171 Å². The van der Waals surface area contributed by atoms with Crippen molar-refractivity contribution in [1.29, 1.82) is 0 Å². The highest BCUT2D eigenvalue weighted by molar-refractivity contribution is 6.32. The standard InChI is InChI=1S/C21H27ClN2O4/c1-26-12-8-7-11-24(15-16-9-5-4-6-10-16)21(25)23-18-13-17(22)19(27-2)14-20(18)28-3/h4-6,9-10,13-14H,7-8,11-12,15H2,1-3H3,(H,23,25). The van der Waals surface area contributed by atoms with E-state index in [1.165, 1.54) is 14.2 Å². The first-order chi connectivity index (χ1) is 13.6. The lowest BCUT2D eigenvalue weighted by atomic mass is 10.2. The van der Waals surface area contributed by atoms with Crippen molar-refractivity contribution < 1.29 is 19.0 Å². The van der Waals surface area contributed by atoms with Crippen molar-refractivity contribution in [2.45, 2.75) is 19.4 Å². The van der Waals surface area contributed by atoms with Crippen molar-refractivity contribution in [2.24, 2.45) is 0 Å². The van der Waals surface area contributed by atoms with Crippen molar-refractivity contribution >= 4 is 23.3 Å². The van der Waals surface area contributed by atoms with Gasteiger partial charge in [0.15, 0.2) is 0 Å². The van der Waals surface area contributed by atoms with Crippen LogP contribution in [0.2, 0.25) is 5.02 Å². The largest absolute Gasteiger partial charge is 0.495 e. The minimum absolute atomic E-state index is 0.221. The number of amides is 2. The lowest BCUT2D eigenvalue weighted by Crippen LogP contribution is -2.35. The second-order valence-corrected chi connectivity index (χ2v) is 6.63. The topological polar surface area (TPSA) is 60.0 Å². The maximum absolute atomic E-state index is 13.0. The van der Waals surface area contributed by atoms with Gasteiger partial charge >= 0.3 is 6.03 Å². The van der Waals surface area contributed by atoms with Gasteiger partial charge in [-0.2, -0.15) is 0 Å². The quantitative estimate of drug-likeness (QED) is 0.575. The van der Waals surface area contributed by atoms with Crippen LogP contribution in [0, 0.1) is 0 Å². The maximum Gasteiger partial charge on any atom is 0.322 e. The molecular formula is C21H27ClN2O4. The van der Waals surface area contributed by atoms with Gasteiger partial charge in [-0.15, -0.1) is 0 Å². The first kappa shape index (κ1) is 21.9. The third-order valence-electron chi connectivity index (χ3n) is 4.25.